The highest BCUT2D eigenvalue weighted by molar-refractivity contribution is 5.59. The number of methoxy groups -OCH3 is 1. The van der Waals surface area contributed by atoms with E-state index in [0.717, 1.165) is 12.8 Å². The fraction of sp³-hybridized carbons (Fsp3) is 0.583. The zero-order valence-corrected chi connectivity index (χ0v) is 10.0. The van der Waals surface area contributed by atoms with E-state index in [-0.39, 0.29) is 6.61 Å². The van der Waals surface area contributed by atoms with Crippen LogP contribution >= 0.6 is 0 Å². The second-order valence-electron chi connectivity index (χ2n) is 3.64. The standard InChI is InChI=1S/C12H20O3/c1-10(2)6-5-7-11(3)8-9-15-12(13)14-4/h6,8H,5,7,9H2,1-4H3/b11-8+. The van der Waals surface area contributed by atoms with Gasteiger partial charge in [-0.2, -0.15) is 0 Å². The molecule has 0 unspecified atom stereocenters. The summed E-state index contributed by atoms with van der Waals surface area (Å²) >= 11 is 0. The van der Waals surface area contributed by atoms with E-state index in [4.69, 9.17) is 4.74 Å². The van der Waals surface area contributed by atoms with E-state index in [9.17, 15) is 4.79 Å². The maximum absolute atomic E-state index is 10.6. The van der Waals surface area contributed by atoms with Crippen LogP contribution in [0.5, 0.6) is 0 Å². The van der Waals surface area contributed by atoms with Crippen molar-refractivity contribution in [2.75, 3.05) is 13.7 Å². The fourth-order valence-corrected chi connectivity index (χ4v) is 1.00. The first-order valence-corrected chi connectivity index (χ1v) is 5.06. The Morgan fingerprint density at radius 1 is 1.20 bits per heavy atom. The molecule has 0 aliphatic carbocycles. The number of allylic oxidation sites excluding steroid dienone is 3. The minimum atomic E-state index is -0.636. The molecule has 3 nitrogen and oxygen atoms in total. The minimum Gasteiger partial charge on any atom is -0.438 e. The average molecular weight is 212 g/mol. The second-order valence-corrected chi connectivity index (χ2v) is 3.64. The van der Waals surface area contributed by atoms with E-state index in [0.29, 0.717) is 0 Å². The van der Waals surface area contributed by atoms with Crippen LogP contribution in [0, 0.1) is 0 Å². The summed E-state index contributed by atoms with van der Waals surface area (Å²) in [6, 6.07) is 0. The Hall–Kier alpha value is -1.25. The Balaban J connectivity index is 3.70. The molecule has 0 atom stereocenters. The van der Waals surface area contributed by atoms with Crippen LogP contribution in [-0.2, 0) is 9.47 Å². The van der Waals surface area contributed by atoms with Crippen LogP contribution in [0.4, 0.5) is 4.79 Å². The van der Waals surface area contributed by atoms with Gasteiger partial charge in [0.2, 0.25) is 0 Å². The van der Waals surface area contributed by atoms with E-state index >= 15 is 0 Å². The van der Waals surface area contributed by atoms with Gasteiger partial charge in [0.1, 0.15) is 6.61 Å². The molecule has 0 spiro atoms. The summed E-state index contributed by atoms with van der Waals surface area (Å²) in [5.41, 5.74) is 2.55. The van der Waals surface area contributed by atoms with Crippen LogP contribution in [0.25, 0.3) is 0 Å². The maximum Gasteiger partial charge on any atom is 0.508 e. The number of hydrogen-bond donors (Lipinski definition) is 0. The van der Waals surface area contributed by atoms with Gasteiger partial charge in [-0.05, 0) is 39.7 Å². The normalized spacial score (nSPS) is 10.8. The Morgan fingerprint density at radius 2 is 1.87 bits per heavy atom. The van der Waals surface area contributed by atoms with E-state index in [1.807, 2.05) is 13.0 Å². The molecule has 0 N–H and O–H groups in total. The summed E-state index contributed by atoms with van der Waals surface area (Å²) in [6.45, 7) is 6.48. The van der Waals surface area contributed by atoms with Crippen molar-refractivity contribution in [2.45, 2.75) is 33.6 Å². The van der Waals surface area contributed by atoms with Crippen LogP contribution in [-0.4, -0.2) is 19.9 Å². The topological polar surface area (TPSA) is 35.5 Å². The van der Waals surface area contributed by atoms with E-state index in [2.05, 4.69) is 24.7 Å². The van der Waals surface area contributed by atoms with Crippen LogP contribution in [0.3, 0.4) is 0 Å². The molecule has 3 heteroatoms. The molecule has 0 radical (unpaired) electrons. The number of rotatable bonds is 5. The van der Waals surface area contributed by atoms with Crippen molar-refractivity contribution in [3.63, 3.8) is 0 Å². The highest BCUT2D eigenvalue weighted by atomic mass is 16.7. The highest BCUT2D eigenvalue weighted by Gasteiger charge is 1.97. The monoisotopic (exact) mass is 212 g/mol. The predicted octanol–water partition coefficient (Wildman–Crippen LogP) is 3.46. The van der Waals surface area contributed by atoms with Gasteiger partial charge in [0.05, 0.1) is 7.11 Å². The lowest BCUT2D eigenvalue weighted by molar-refractivity contribution is 0.0816. The van der Waals surface area contributed by atoms with Gasteiger partial charge in [-0.3, -0.25) is 0 Å². The lowest BCUT2D eigenvalue weighted by atomic mass is 10.1. The zero-order chi connectivity index (χ0) is 11.7. The van der Waals surface area contributed by atoms with Crippen LogP contribution in [0.2, 0.25) is 0 Å². The van der Waals surface area contributed by atoms with Crippen molar-refractivity contribution in [2.24, 2.45) is 0 Å². The Labute approximate surface area is 91.8 Å². The van der Waals surface area contributed by atoms with Crippen LogP contribution in [0.15, 0.2) is 23.3 Å². The molecule has 0 bridgehead atoms. The molecule has 0 amide bonds. The van der Waals surface area contributed by atoms with Gasteiger partial charge in [-0.15, -0.1) is 0 Å². The molecule has 0 aliphatic heterocycles. The SMILES string of the molecule is COC(=O)OC/C=C(\C)CCC=C(C)C. The second kappa shape index (κ2) is 8.09. The smallest absolute Gasteiger partial charge is 0.438 e. The van der Waals surface area contributed by atoms with Crippen molar-refractivity contribution in [1.29, 1.82) is 0 Å². The highest BCUT2D eigenvalue weighted by Crippen LogP contribution is 2.06. The molecule has 0 aromatic rings. The first kappa shape index (κ1) is 13.8. The van der Waals surface area contributed by atoms with Crippen molar-refractivity contribution in [3.8, 4) is 0 Å². The molecular formula is C12H20O3. The van der Waals surface area contributed by atoms with Gasteiger partial charge in [-0.25, -0.2) is 4.79 Å². The molecule has 15 heavy (non-hydrogen) atoms. The summed E-state index contributed by atoms with van der Waals surface area (Å²) in [7, 11) is 1.30. The molecule has 86 valence electrons. The predicted molar refractivity (Wildman–Crippen MR) is 60.8 cm³/mol. The molecule has 0 aromatic carbocycles. The Bertz CT molecular complexity index is 248. The molecule has 0 fully saturated rings. The van der Waals surface area contributed by atoms with E-state index < -0.39 is 6.16 Å². The summed E-state index contributed by atoms with van der Waals surface area (Å²) in [6.07, 6.45) is 5.48. The largest absolute Gasteiger partial charge is 0.508 e. The van der Waals surface area contributed by atoms with Crippen molar-refractivity contribution in [1.82, 2.24) is 0 Å². The lowest BCUT2D eigenvalue weighted by Crippen LogP contribution is -2.03. The molecular weight excluding hydrogens is 192 g/mol. The molecule has 0 aliphatic rings. The van der Waals surface area contributed by atoms with Gasteiger partial charge in [0.25, 0.3) is 0 Å². The maximum atomic E-state index is 10.6. The van der Waals surface area contributed by atoms with Crippen molar-refractivity contribution >= 4 is 6.16 Å². The number of hydrogen-bond acceptors (Lipinski definition) is 3. The van der Waals surface area contributed by atoms with Gasteiger partial charge >= 0.3 is 6.16 Å². The third-order valence-electron chi connectivity index (χ3n) is 1.89. The summed E-state index contributed by atoms with van der Waals surface area (Å²) in [4.78, 5) is 10.6. The molecule has 0 aromatic heterocycles. The molecule has 0 rings (SSSR count). The lowest BCUT2D eigenvalue weighted by Gasteiger charge is -2.01. The zero-order valence-electron chi connectivity index (χ0n) is 10.0. The van der Waals surface area contributed by atoms with Gasteiger partial charge in [-0.1, -0.05) is 17.2 Å². The third kappa shape index (κ3) is 9.06. The number of ether oxygens (including phenoxy) is 2. The van der Waals surface area contributed by atoms with Crippen molar-refractivity contribution < 1.29 is 14.3 Å². The Morgan fingerprint density at radius 3 is 2.40 bits per heavy atom. The van der Waals surface area contributed by atoms with Gasteiger partial charge < -0.3 is 9.47 Å². The minimum absolute atomic E-state index is 0.285. The Kier molecular flexibility index (Phi) is 7.42. The van der Waals surface area contributed by atoms with E-state index in [1.54, 1.807) is 0 Å². The summed E-state index contributed by atoms with van der Waals surface area (Å²) < 4.78 is 9.08. The number of carbonyl (C=O) groups is 1. The number of carbonyl (C=O) groups excluding carboxylic acids is 1. The van der Waals surface area contributed by atoms with Gasteiger partial charge in [0, 0.05) is 0 Å². The van der Waals surface area contributed by atoms with Crippen molar-refractivity contribution in [3.05, 3.63) is 23.3 Å². The molecule has 0 heterocycles. The van der Waals surface area contributed by atoms with Crippen LogP contribution in [0.1, 0.15) is 33.6 Å². The quantitative estimate of drug-likeness (QED) is 0.517. The summed E-state index contributed by atoms with van der Waals surface area (Å²) in [5.74, 6) is 0. The summed E-state index contributed by atoms with van der Waals surface area (Å²) in [5, 5.41) is 0. The fourth-order valence-electron chi connectivity index (χ4n) is 1.00. The van der Waals surface area contributed by atoms with E-state index in [1.165, 1.54) is 18.3 Å². The molecule has 0 saturated heterocycles. The third-order valence-corrected chi connectivity index (χ3v) is 1.89. The van der Waals surface area contributed by atoms with Gasteiger partial charge in [0.15, 0.2) is 0 Å². The molecule has 0 saturated carbocycles. The van der Waals surface area contributed by atoms with Crippen LogP contribution < -0.4 is 0 Å². The average Bonchev–Trinajstić information content (AvgIpc) is 2.17. The first-order chi connectivity index (χ1) is 7.06. The first-order valence-electron chi connectivity index (χ1n) is 5.06.